The molecular formula is C15H30N2O. The summed E-state index contributed by atoms with van der Waals surface area (Å²) in [6, 6.07) is 0.563. The zero-order valence-corrected chi connectivity index (χ0v) is 12.2. The second kappa shape index (κ2) is 6.36. The number of ether oxygens (including phenoxy) is 1. The topological polar surface area (TPSA) is 38.5 Å². The minimum absolute atomic E-state index is 0.229. The summed E-state index contributed by atoms with van der Waals surface area (Å²) in [5.74, 6) is 0. The predicted molar refractivity (Wildman–Crippen MR) is 75.7 cm³/mol. The van der Waals surface area contributed by atoms with Gasteiger partial charge in [-0.2, -0.15) is 0 Å². The first-order chi connectivity index (χ1) is 8.69. The van der Waals surface area contributed by atoms with E-state index in [0.717, 1.165) is 13.2 Å². The second-order valence-electron chi connectivity index (χ2n) is 6.24. The normalized spacial score (nSPS) is 33.3. The molecule has 0 radical (unpaired) electrons. The summed E-state index contributed by atoms with van der Waals surface area (Å²) in [6.07, 6.45) is 10.9. The molecule has 1 saturated heterocycles. The van der Waals surface area contributed by atoms with Crippen molar-refractivity contribution >= 4 is 0 Å². The van der Waals surface area contributed by atoms with Crippen LogP contribution >= 0.6 is 0 Å². The minimum Gasteiger partial charge on any atom is -0.377 e. The van der Waals surface area contributed by atoms with Gasteiger partial charge < -0.3 is 10.5 Å². The van der Waals surface area contributed by atoms with Crippen molar-refractivity contribution in [2.75, 3.05) is 20.2 Å². The van der Waals surface area contributed by atoms with E-state index >= 15 is 0 Å². The summed E-state index contributed by atoms with van der Waals surface area (Å²) in [7, 11) is 2.28. The molecule has 1 aliphatic heterocycles. The number of hydrogen-bond donors (Lipinski definition) is 1. The Morgan fingerprint density at radius 1 is 1.17 bits per heavy atom. The van der Waals surface area contributed by atoms with Crippen LogP contribution in [0, 0.1) is 0 Å². The predicted octanol–water partition coefficient (Wildman–Crippen LogP) is 2.54. The first-order valence-corrected chi connectivity index (χ1v) is 7.74. The van der Waals surface area contributed by atoms with Crippen molar-refractivity contribution in [1.82, 2.24) is 4.90 Å². The van der Waals surface area contributed by atoms with Crippen LogP contribution in [0.5, 0.6) is 0 Å². The van der Waals surface area contributed by atoms with E-state index in [2.05, 4.69) is 18.9 Å². The van der Waals surface area contributed by atoms with Crippen molar-refractivity contribution < 1.29 is 4.74 Å². The first kappa shape index (κ1) is 14.3. The molecule has 2 N–H and O–H groups in total. The third-order valence-electron chi connectivity index (χ3n) is 5.25. The Kier molecular flexibility index (Phi) is 5.05. The van der Waals surface area contributed by atoms with E-state index in [-0.39, 0.29) is 5.54 Å². The molecule has 2 fully saturated rings. The molecule has 2 rings (SSSR count). The van der Waals surface area contributed by atoms with E-state index in [1.807, 2.05) is 0 Å². The second-order valence-corrected chi connectivity index (χ2v) is 6.24. The van der Waals surface area contributed by atoms with Crippen molar-refractivity contribution in [3.63, 3.8) is 0 Å². The number of hydrogen-bond acceptors (Lipinski definition) is 3. The van der Waals surface area contributed by atoms with Crippen molar-refractivity contribution in [3.05, 3.63) is 0 Å². The maximum absolute atomic E-state index is 6.19. The number of likely N-dealkylation sites (N-methyl/N-ethyl adjacent to an activating group) is 1. The molecule has 2 atom stereocenters. The number of nitrogens with zero attached hydrogens (tertiary/aromatic N) is 1. The molecule has 106 valence electrons. The Bertz CT molecular complexity index is 249. The highest BCUT2D eigenvalue weighted by atomic mass is 16.5. The fourth-order valence-corrected chi connectivity index (χ4v) is 3.85. The van der Waals surface area contributed by atoms with Gasteiger partial charge in [-0.05, 0) is 33.2 Å². The molecule has 1 heterocycles. The molecule has 0 aromatic carbocycles. The third-order valence-corrected chi connectivity index (χ3v) is 5.25. The van der Waals surface area contributed by atoms with Gasteiger partial charge in [-0.3, -0.25) is 4.90 Å². The standard InChI is InChI=1S/C15H30N2O/c1-13-14(8-11-18-13)17(2)15(12-16)9-6-4-3-5-7-10-15/h13-14H,3-12,16H2,1-2H3. The van der Waals surface area contributed by atoms with Crippen LogP contribution in [0.1, 0.15) is 58.3 Å². The van der Waals surface area contributed by atoms with Crippen LogP contribution < -0.4 is 5.73 Å². The van der Waals surface area contributed by atoms with Gasteiger partial charge in [0.15, 0.2) is 0 Å². The van der Waals surface area contributed by atoms with E-state index in [0.29, 0.717) is 12.1 Å². The Balaban J connectivity index is 2.08. The summed E-state index contributed by atoms with van der Waals surface area (Å²) in [5, 5.41) is 0. The van der Waals surface area contributed by atoms with Crippen LogP contribution in [0.25, 0.3) is 0 Å². The van der Waals surface area contributed by atoms with Crippen LogP contribution in [-0.2, 0) is 4.74 Å². The van der Waals surface area contributed by atoms with Crippen molar-refractivity contribution in [1.29, 1.82) is 0 Å². The fourth-order valence-electron chi connectivity index (χ4n) is 3.85. The lowest BCUT2D eigenvalue weighted by atomic mass is 9.81. The summed E-state index contributed by atoms with van der Waals surface area (Å²) in [4.78, 5) is 2.58. The molecular weight excluding hydrogens is 224 g/mol. The van der Waals surface area contributed by atoms with Crippen LogP contribution in [0.3, 0.4) is 0 Å². The number of rotatable bonds is 3. The fraction of sp³-hybridized carbons (Fsp3) is 1.00. The molecule has 0 spiro atoms. The molecule has 0 aromatic rings. The monoisotopic (exact) mass is 254 g/mol. The van der Waals surface area contributed by atoms with Crippen LogP contribution in [0.2, 0.25) is 0 Å². The Labute approximate surface area is 112 Å². The maximum atomic E-state index is 6.19. The van der Waals surface area contributed by atoms with Gasteiger partial charge in [0, 0.05) is 24.7 Å². The van der Waals surface area contributed by atoms with Gasteiger partial charge in [-0.25, -0.2) is 0 Å². The molecule has 0 amide bonds. The molecule has 3 nitrogen and oxygen atoms in total. The van der Waals surface area contributed by atoms with Crippen molar-refractivity contribution in [2.24, 2.45) is 5.73 Å². The minimum atomic E-state index is 0.229. The van der Waals surface area contributed by atoms with Crippen molar-refractivity contribution in [2.45, 2.75) is 76.0 Å². The zero-order chi connectivity index (χ0) is 13.0. The van der Waals surface area contributed by atoms with Gasteiger partial charge in [0.05, 0.1) is 6.10 Å². The molecule has 0 bridgehead atoms. The summed E-state index contributed by atoms with van der Waals surface area (Å²) >= 11 is 0. The SMILES string of the molecule is CC1OCCC1N(C)C1(CN)CCCCCCC1. The molecule has 1 aliphatic carbocycles. The lowest BCUT2D eigenvalue weighted by Gasteiger charge is -2.46. The van der Waals surface area contributed by atoms with Crippen LogP contribution in [0.4, 0.5) is 0 Å². The number of nitrogens with two attached hydrogens (primary N) is 1. The summed E-state index contributed by atoms with van der Waals surface area (Å²) < 4.78 is 5.74. The van der Waals surface area contributed by atoms with Gasteiger partial charge in [-0.15, -0.1) is 0 Å². The smallest absolute Gasteiger partial charge is 0.0703 e. The van der Waals surface area contributed by atoms with Gasteiger partial charge >= 0.3 is 0 Å². The van der Waals surface area contributed by atoms with E-state index in [1.165, 1.54) is 51.4 Å². The largest absolute Gasteiger partial charge is 0.377 e. The van der Waals surface area contributed by atoms with Gasteiger partial charge in [0.2, 0.25) is 0 Å². The van der Waals surface area contributed by atoms with Gasteiger partial charge in [-0.1, -0.05) is 32.1 Å². The van der Waals surface area contributed by atoms with E-state index < -0.39 is 0 Å². The van der Waals surface area contributed by atoms with Gasteiger partial charge in [0.1, 0.15) is 0 Å². The molecule has 2 unspecified atom stereocenters. The molecule has 18 heavy (non-hydrogen) atoms. The lowest BCUT2D eigenvalue weighted by molar-refractivity contribution is 0.0147. The summed E-state index contributed by atoms with van der Waals surface area (Å²) in [5.41, 5.74) is 6.42. The Morgan fingerprint density at radius 3 is 2.28 bits per heavy atom. The first-order valence-electron chi connectivity index (χ1n) is 7.74. The average Bonchev–Trinajstić information content (AvgIpc) is 2.75. The Hall–Kier alpha value is -0.120. The van der Waals surface area contributed by atoms with Crippen molar-refractivity contribution in [3.8, 4) is 0 Å². The van der Waals surface area contributed by atoms with E-state index in [1.54, 1.807) is 0 Å². The highest BCUT2D eigenvalue weighted by Gasteiger charge is 2.40. The molecule has 2 aliphatic rings. The Morgan fingerprint density at radius 2 is 1.78 bits per heavy atom. The third kappa shape index (κ3) is 2.89. The summed E-state index contributed by atoms with van der Waals surface area (Å²) in [6.45, 7) is 3.92. The quantitative estimate of drug-likeness (QED) is 0.841. The molecule has 1 saturated carbocycles. The van der Waals surface area contributed by atoms with E-state index in [4.69, 9.17) is 10.5 Å². The van der Waals surface area contributed by atoms with Gasteiger partial charge in [0.25, 0.3) is 0 Å². The lowest BCUT2D eigenvalue weighted by Crippen LogP contribution is -2.57. The molecule has 0 aromatic heterocycles. The molecule has 3 heteroatoms. The van der Waals surface area contributed by atoms with Crippen LogP contribution in [0.15, 0.2) is 0 Å². The maximum Gasteiger partial charge on any atom is 0.0703 e. The van der Waals surface area contributed by atoms with E-state index in [9.17, 15) is 0 Å². The average molecular weight is 254 g/mol. The highest BCUT2D eigenvalue weighted by Crippen LogP contribution is 2.34. The van der Waals surface area contributed by atoms with Crippen LogP contribution in [-0.4, -0.2) is 42.8 Å². The zero-order valence-electron chi connectivity index (χ0n) is 12.2. The highest BCUT2D eigenvalue weighted by molar-refractivity contribution is 4.96.